The van der Waals surface area contributed by atoms with Crippen LogP contribution < -0.4 is 0 Å². The summed E-state index contributed by atoms with van der Waals surface area (Å²) in [5.74, 6) is 0. The SMILES string of the molecule is Brc1ccc[c-]1Br.[Ti].[cH-]1[cH-][cH-][cH-][cH-]1. The Kier molecular flexibility index (Phi) is 7.97. The van der Waals surface area contributed by atoms with Gasteiger partial charge in [0.15, 0.2) is 0 Å². The molecule has 0 fully saturated rings. The van der Waals surface area contributed by atoms with Crippen molar-refractivity contribution in [3.05, 3.63) is 57.5 Å². The summed E-state index contributed by atoms with van der Waals surface area (Å²) in [7, 11) is 0. The van der Waals surface area contributed by atoms with Gasteiger partial charge in [-0.1, -0.05) is 24.9 Å². The Balaban J connectivity index is 0.000000215. The number of rotatable bonds is 0. The van der Waals surface area contributed by atoms with Gasteiger partial charge >= 0.3 is 0 Å². The third-order valence-electron chi connectivity index (χ3n) is 1.27. The number of hydrogen-bond acceptors (Lipinski definition) is 0. The average molecular weight is 336 g/mol. The van der Waals surface area contributed by atoms with Crippen molar-refractivity contribution in [2.75, 3.05) is 0 Å². The van der Waals surface area contributed by atoms with E-state index in [0.29, 0.717) is 0 Å². The van der Waals surface area contributed by atoms with E-state index in [1.807, 2.05) is 48.5 Å². The first-order valence-electron chi connectivity index (χ1n) is 3.54. The van der Waals surface area contributed by atoms with Gasteiger partial charge < -0.3 is 30.3 Å². The molecule has 0 heterocycles. The summed E-state index contributed by atoms with van der Waals surface area (Å²) in [6, 6.07) is 16.0. The smallest absolute Gasteiger partial charge is 0 e. The van der Waals surface area contributed by atoms with Gasteiger partial charge in [-0.05, 0) is 0 Å². The van der Waals surface area contributed by atoms with Gasteiger partial charge in [0, 0.05) is 21.7 Å². The fourth-order valence-corrected chi connectivity index (χ4v) is 1.27. The van der Waals surface area contributed by atoms with Gasteiger partial charge in [-0.3, -0.25) is 0 Å². The van der Waals surface area contributed by atoms with Crippen molar-refractivity contribution in [3.8, 4) is 0 Å². The van der Waals surface area contributed by atoms with E-state index >= 15 is 0 Å². The Morgan fingerprint density at radius 2 is 1.54 bits per heavy atom. The van der Waals surface area contributed by atoms with Crippen molar-refractivity contribution in [2.24, 2.45) is 0 Å². The number of halogens is 2. The Bertz CT molecular complexity index is 265. The molecule has 0 radical (unpaired) electrons. The maximum Gasteiger partial charge on any atom is 0 e. The maximum absolute atomic E-state index is 3.32. The molecule has 0 spiro atoms. The molecule has 2 rings (SSSR count). The van der Waals surface area contributed by atoms with Crippen LogP contribution in [0.1, 0.15) is 0 Å². The van der Waals surface area contributed by atoms with Gasteiger partial charge in [0.25, 0.3) is 0 Å². The molecule has 13 heavy (non-hydrogen) atoms. The van der Waals surface area contributed by atoms with Crippen molar-refractivity contribution in [1.82, 2.24) is 0 Å². The molecule has 0 aliphatic rings. The first kappa shape index (κ1) is 13.4. The first-order valence-corrected chi connectivity index (χ1v) is 5.12. The van der Waals surface area contributed by atoms with Gasteiger partial charge in [0.2, 0.25) is 0 Å². The molecule has 2 aromatic carbocycles. The summed E-state index contributed by atoms with van der Waals surface area (Å²) < 4.78 is 2.24. The summed E-state index contributed by atoms with van der Waals surface area (Å²) in [5, 5.41) is 0. The summed E-state index contributed by atoms with van der Waals surface area (Å²) >= 11 is 6.64. The van der Waals surface area contributed by atoms with Crippen molar-refractivity contribution >= 4 is 31.9 Å². The normalized spacial score (nSPS) is 8.15. The zero-order valence-corrected chi connectivity index (χ0v) is 11.6. The predicted octanol–water partition coefficient (Wildman–Crippen LogP) is 4.33. The van der Waals surface area contributed by atoms with E-state index in [2.05, 4.69) is 31.9 Å². The second-order valence-electron chi connectivity index (χ2n) is 2.18. The standard InChI is InChI=1S/C5H3Br2.C5H5.Ti/c6-4-2-1-3-5(4)7;1-2-4-5-3-1;/h1-3H;1-5H;/q-1;-5;. The fourth-order valence-electron chi connectivity index (χ4n) is 0.697. The summed E-state index contributed by atoms with van der Waals surface area (Å²) in [6.07, 6.45) is 0. The minimum absolute atomic E-state index is 0. The van der Waals surface area contributed by atoms with Crippen LogP contribution in [0.25, 0.3) is 0 Å². The third-order valence-corrected chi connectivity index (χ3v) is 3.18. The molecule has 0 aliphatic heterocycles. The van der Waals surface area contributed by atoms with Crippen LogP contribution in [0.3, 0.4) is 0 Å². The fraction of sp³-hybridized carbons (Fsp3) is 0. The van der Waals surface area contributed by atoms with Crippen LogP contribution in [0.4, 0.5) is 0 Å². The van der Waals surface area contributed by atoms with E-state index in [9.17, 15) is 0 Å². The van der Waals surface area contributed by atoms with Crippen LogP contribution in [0, 0.1) is 0 Å². The molecule has 0 unspecified atom stereocenters. The van der Waals surface area contributed by atoms with Gasteiger partial charge in [-0.15, -0.1) is 15.9 Å². The molecule has 3 heteroatoms. The molecule has 0 saturated heterocycles. The monoisotopic (exact) mass is 334 g/mol. The van der Waals surface area contributed by atoms with E-state index < -0.39 is 0 Å². The van der Waals surface area contributed by atoms with Crippen LogP contribution in [0.5, 0.6) is 0 Å². The molecule has 2 aromatic rings. The second kappa shape index (κ2) is 7.75. The molecular formula is C10H8Br2Ti-6. The minimum Gasteiger partial charge on any atom is -0.748 e. The zero-order chi connectivity index (χ0) is 8.81. The van der Waals surface area contributed by atoms with Gasteiger partial charge in [-0.25, -0.2) is 6.07 Å². The van der Waals surface area contributed by atoms with Crippen LogP contribution in [0.2, 0.25) is 0 Å². The average Bonchev–Trinajstić information content (AvgIpc) is 2.67. The number of hydrogen-bond donors (Lipinski definition) is 0. The van der Waals surface area contributed by atoms with E-state index in [1.165, 1.54) is 0 Å². The minimum atomic E-state index is 0. The van der Waals surface area contributed by atoms with Crippen LogP contribution in [-0.4, -0.2) is 0 Å². The molecule has 0 saturated carbocycles. The van der Waals surface area contributed by atoms with Crippen molar-refractivity contribution in [1.29, 1.82) is 0 Å². The zero-order valence-electron chi connectivity index (χ0n) is 6.87. The van der Waals surface area contributed by atoms with E-state index in [1.54, 1.807) is 0 Å². The van der Waals surface area contributed by atoms with E-state index in [-0.39, 0.29) is 21.7 Å². The summed E-state index contributed by atoms with van der Waals surface area (Å²) in [5.41, 5.74) is 0. The Morgan fingerprint density at radius 3 is 1.69 bits per heavy atom. The molecule has 0 N–H and O–H groups in total. The molecule has 0 atom stereocenters. The topological polar surface area (TPSA) is 0 Å². The van der Waals surface area contributed by atoms with Crippen LogP contribution >= 0.6 is 31.9 Å². The Morgan fingerprint density at radius 1 is 1.08 bits per heavy atom. The predicted molar refractivity (Wildman–Crippen MR) is 59.5 cm³/mol. The molecule has 0 amide bonds. The van der Waals surface area contributed by atoms with Gasteiger partial charge in [0.1, 0.15) is 0 Å². The quantitative estimate of drug-likeness (QED) is 0.496. The molecular weight excluding hydrogens is 328 g/mol. The molecule has 0 aliphatic carbocycles. The maximum atomic E-state index is 3.32. The van der Waals surface area contributed by atoms with Crippen LogP contribution in [0.15, 0.2) is 57.5 Å². The molecule has 72 valence electrons. The first-order chi connectivity index (χ1) is 5.80. The van der Waals surface area contributed by atoms with E-state index in [4.69, 9.17) is 0 Å². The second-order valence-corrected chi connectivity index (χ2v) is 3.89. The Hall–Kier alpha value is 0.374. The molecule has 0 bridgehead atoms. The van der Waals surface area contributed by atoms with Crippen molar-refractivity contribution in [3.63, 3.8) is 0 Å². The van der Waals surface area contributed by atoms with Crippen molar-refractivity contribution < 1.29 is 21.7 Å². The Labute approximate surface area is 110 Å². The molecule has 0 nitrogen and oxygen atoms in total. The van der Waals surface area contributed by atoms with Crippen LogP contribution in [-0.2, 0) is 21.7 Å². The third kappa shape index (κ3) is 5.63. The van der Waals surface area contributed by atoms with Gasteiger partial charge in [-0.2, -0.15) is 12.1 Å². The van der Waals surface area contributed by atoms with Crippen molar-refractivity contribution in [2.45, 2.75) is 0 Å². The summed E-state index contributed by atoms with van der Waals surface area (Å²) in [6.45, 7) is 0. The molecule has 0 aromatic heterocycles. The van der Waals surface area contributed by atoms with Gasteiger partial charge in [0.05, 0.1) is 0 Å². The largest absolute Gasteiger partial charge is 0.748 e. The van der Waals surface area contributed by atoms with E-state index in [0.717, 1.165) is 8.95 Å². The summed E-state index contributed by atoms with van der Waals surface area (Å²) in [4.78, 5) is 0.